The summed E-state index contributed by atoms with van der Waals surface area (Å²) in [7, 11) is 0. The Kier molecular flexibility index (Phi) is 5.63. The third-order valence-corrected chi connectivity index (χ3v) is 6.11. The number of hydrogen-bond donors (Lipinski definition) is 1. The fourth-order valence-corrected chi connectivity index (χ4v) is 4.34. The van der Waals surface area contributed by atoms with Crippen molar-refractivity contribution in [2.45, 2.75) is 45.3 Å². The molecule has 1 amide bonds. The lowest BCUT2D eigenvalue weighted by Crippen LogP contribution is -2.28. The molecule has 1 unspecified atom stereocenters. The van der Waals surface area contributed by atoms with Crippen molar-refractivity contribution in [1.29, 1.82) is 0 Å². The molecule has 1 atom stereocenters. The summed E-state index contributed by atoms with van der Waals surface area (Å²) in [4.78, 5) is 16.8. The predicted molar refractivity (Wildman–Crippen MR) is 124 cm³/mol. The molecule has 2 aromatic heterocycles. The minimum atomic E-state index is -0.0997. The molecule has 0 saturated heterocycles. The van der Waals surface area contributed by atoms with Gasteiger partial charge in [0.25, 0.3) is 0 Å². The van der Waals surface area contributed by atoms with Crippen molar-refractivity contribution in [2.24, 2.45) is 0 Å². The average Bonchev–Trinajstić information content (AvgIpc) is 3.43. The van der Waals surface area contributed by atoms with Crippen molar-refractivity contribution in [3.63, 3.8) is 0 Å². The van der Waals surface area contributed by atoms with Gasteiger partial charge < -0.3 is 14.5 Å². The molecular formula is C27H26N2O3. The smallest absolute Gasteiger partial charge is 0.225 e. The molecule has 1 N–H and O–H groups in total. The number of furan rings is 1. The zero-order valence-electron chi connectivity index (χ0n) is 18.1. The summed E-state index contributed by atoms with van der Waals surface area (Å²) in [5.41, 5.74) is 6.64. The molecule has 5 rings (SSSR count). The van der Waals surface area contributed by atoms with E-state index in [0.717, 1.165) is 46.3 Å². The average molecular weight is 427 g/mol. The van der Waals surface area contributed by atoms with Gasteiger partial charge in [-0.3, -0.25) is 9.78 Å². The van der Waals surface area contributed by atoms with Crippen LogP contribution in [0.3, 0.4) is 0 Å². The van der Waals surface area contributed by atoms with Gasteiger partial charge in [0.2, 0.25) is 5.91 Å². The summed E-state index contributed by atoms with van der Waals surface area (Å²) >= 11 is 0. The van der Waals surface area contributed by atoms with Crippen LogP contribution in [0.25, 0.3) is 11.0 Å². The third kappa shape index (κ3) is 4.37. The van der Waals surface area contributed by atoms with Gasteiger partial charge in [0, 0.05) is 28.9 Å². The SMILES string of the molecule is CC(NC(=O)Cc1coc2cc3c(cc12)CCC3)c1ccc(OCc2cccnc2)cc1. The summed E-state index contributed by atoms with van der Waals surface area (Å²) < 4.78 is 11.5. The molecule has 0 bridgehead atoms. The maximum Gasteiger partial charge on any atom is 0.225 e. The van der Waals surface area contributed by atoms with Crippen LogP contribution in [0.4, 0.5) is 0 Å². The lowest BCUT2D eigenvalue weighted by molar-refractivity contribution is -0.121. The zero-order chi connectivity index (χ0) is 21.9. The first-order valence-corrected chi connectivity index (χ1v) is 11.1. The fourth-order valence-electron chi connectivity index (χ4n) is 4.34. The van der Waals surface area contributed by atoms with Crippen LogP contribution in [0.5, 0.6) is 5.75 Å². The van der Waals surface area contributed by atoms with Crippen molar-refractivity contribution < 1.29 is 13.9 Å². The summed E-state index contributed by atoms with van der Waals surface area (Å²) in [6.45, 7) is 2.46. The number of amides is 1. The summed E-state index contributed by atoms with van der Waals surface area (Å²) in [6, 6.07) is 16.0. The minimum Gasteiger partial charge on any atom is -0.489 e. The van der Waals surface area contributed by atoms with Crippen molar-refractivity contribution in [3.05, 3.63) is 95.0 Å². The van der Waals surface area contributed by atoms with Crippen LogP contribution in [0.1, 0.15) is 47.2 Å². The molecule has 0 aliphatic heterocycles. The highest BCUT2D eigenvalue weighted by Gasteiger charge is 2.17. The molecule has 1 aliphatic rings. The number of pyridine rings is 1. The Morgan fingerprint density at radius 3 is 2.75 bits per heavy atom. The lowest BCUT2D eigenvalue weighted by Gasteiger charge is -2.15. The van der Waals surface area contributed by atoms with Crippen LogP contribution in [0.2, 0.25) is 0 Å². The lowest BCUT2D eigenvalue weighted by atomic mass is 10.0. The summed E-state index contributed by atoms with van der Waals surface area (Å²) in [5, 5.41) is 4.16. The van der Waals surface area contributed by atoms with E-state index < -0.39 is 0 Å². The van der Waals surface area contributed by atoms with Gasteiger partial charge in [0.1, 0.15) is 17.9 Å². The largest absolute Gasteiger partial charge is 0.489 e. The number of ether oxygens (including phenoxy) is 1. The van der Waals surface area contributed by atoms with Crippen molar-refractivity contribution >= 4 is 16.9 Å². The third-order valence-electron chi connectivity index (χ3n) is 6.11. The first-order chi connectivity index (χ1) is 15.7. The van der Waals surface area contributed by atoms with Gasteiger partial charge in [-0.15, -0.1) is 0 Å². The number of nitrogens with one attached hydrogen (secondary N) is 1. The predicted octanol–water partition coefficient (Wildman–Crippen LogP) is 5.32. The normalized spacial score (nSPS) is 13.7. The topological polar surface area (TPSA) is 64.4 Å². The second-order valence-corrected chi connectivity index (χ2v) is 8.42. The Bertz CT molecular complexity index is 1230. The summed E-state index contributed by atoms with van der Waals surface area (Å²) in [6.07, 6.45) is 8.99. The van der Waals surface area contributed by atoms with Crippen LogP contribution in [0, 0.1) is 0 Å². The molecule has 32 heavy (non-hydrogen) atoms. The van der Waals surface area contributed by atoms with E-state index in [1.807, 2.05) is 43.3 Å². The number of benzene rings is 2. The molecule has 5 heteroatoms. The van der Waals surface area contributed by atoms with Crippen molar-refractivity contribution in [3.8, 4) is 5.75 Å². The van der Waals surface area contributed by atoms with Crippen LogP contribution in [0.15, 0.2) is 71.6 Å². The van der Waals surface area contributed by atoms with Gasteiger partial charge in [-0.2, -0.15) is 0 Å². The summed E-state index contributed by atoms with van der Waals surface area (Å²) in [5.74, 6) is 0.770. The molecule has 0 radical (unpaired) electrons. The number of aromatic nitrogens is 1. The molecule has 162 valence electrons. The molecule has 0 saturated carbocycles. The quantitative estimate of drug-likeness (QED) is 0.435. The molecule has 4 aromatic rings. The van der Waals surface area contributed by atoms with Gasteiger partial charge in [0.05, 0.1) is 18.7 Å². The second-order valence-electron chi connectivity index (χ2n) is 8.42. The minimum absolute atomic E-state index is 0.0161. The molecule has 5 nitrogen and oxygen atoms in total. The van der Waals surface area contributed by atoms with Gasteiger partial charge in [-0.05, 0) is 73.2 Å². The van der Waals surface area contributed by atoms with Crippen LogP contribution < -0.4 is 10.1 Å². The van der Waals surface area contributed by atoms with Gasteiger partial charge in [0.15, 0.2) is 0 Å². The van der Waals surface area contributed by atoms with E-state index in [1.54, 1.807) is 18.7 Å². The highest BCUT2D eigenvalue weighted by molar-refractivity contribution is 5.88. The molecule has 0 spiro atoms. The second kappa shape index (κ2) is 8.87. The highest BCUT2D eigenvalue weighted by Crippen LogP contribution is 2.30. The molecule has 2 aromatic carbocycles. The molecular weight excluding hydrogens is 400 g/mol. The van der Waals surface area contributed by atoms with Crippen LogP contribution >= 0.6 is 0 Å². The molecule has 1 aliphatic carbocycles. The first kappa shape index (κ1) is 20.3. The van der Waals surface area contributed by atoms with Gasteiger partial charge in [-0.25, -0.2) is 0 Å². The van der Waals surface area contributed by atoms with E-state index >= 15 is 0 Å². The van der Waals surface area contributed by atoms with E-state index in [0.29, 0.717) is 13.0 Å². The highest BCUT2D eigenvalue weighted by atomic mass is 16.5. The van der Waals surface area contributed by atoms with Crippen molar-refractivity contribution in [2.75, 3.05) is 0 Å². The maximum absolute atomic E-state index is 12.7. The maximum atomic E-state index is 12.7. The number of aryl methyl sites for hydroxylation is 2. The van der Waals surface area contributed by atoms with Crippen LogP contribution in [-0.2, 0) is 30.7 Å². The zero-order valence-corrected chi connectivity index (χ0v) is 18.1. The molecule has 2 heterocycles. The van der Waals surface area contributed by atoms with E-state index in [9.17, 15) is 4.79 Å². The standard InChI is InChI=1S/C27H26N2O3/c1-18(20-7-9-24(10-8-20)31-16-19-4-3-11-28-15-19)29-27(30)14-23-17-32-26-13-22-6-2-5-21(22)12-25(23)26/h3-4,7-13,15,17-18H,2,5-6,14,16H2,1H3,(H,29,30). The van der Waals surface area contributed by atoms with E-state index in [1.165, 1.54) is 17.5 Å². The Labute approximate surface area is 187 Å². The van der Waals surface area contributed by atoms with Crippen LogP contribution in [-0.4, -0.2) is 10.9 Å². The number of carbonyl (C=O) groups excluding carboxylic acids is 1. The Morgan fingerprint density at radius 1 is 1.16 bits per heavy atom. The number of fused-ring (bicyclic) bond motifs is 2. The van der Waals surface area contributed by atoms with E-state index in [4.69, 9.17) is 9.15 Å². The van der Waals surface area contributed by atoms with Crippen molar-refractivity contribution in [1.82, 2.24) is 10.3 Å². The number of hydrogen-bond acceptors (Lipinski definition) is 4. The van der Waals surface area contributed by atoms with Gasteiger partial charge >= 0.3 is 0 Å². The van der Waals surface area contributed by atoms with E-state index in [2.05, 4.69) is 22.4 Å². The Hall–Kier alpha value is -3.60. The Balaban J connectivity index is 1.19. The Morgan fingerprint density at radius 2 is 1.97 bits per heavy atom. The van der Waals surface area contributed by atoms with Gasteiger partial charge in [-0.1, -0.05) is 18.2 Å². The molecule has 0 fully saturated rings. The number of carbonyl (C=O) groups is 1. The first-order valence-electron chi connectivity index (χ1n) is 11.1. The fraction of sp³-hybridized carbons (Fsp3) is 0.259. The number of nitrogens with zero attached hydrogens (tertiary/aromatic N) is 1. The number of rotatable bonds is 7. The monoisotopic (exact) mass is 426 g/mol. The van der Waals surface area contributed by atoms with E-state index in [-0.39, 0.29) is 11.9 Å².